The van der Waals surface area contributed by atoms with Gasteiger partial charge < -0.3 is 10.6 Å². The van der Waals surface area contributed by atoms with Gasteiger partial charge in [-0.2, -0.15) is 0 Å². The van der Waals surface area contributed by atoms with Crippen molar-refractivity contribution in [2.24, 2.45) is 0 Å². The lowest BCUT2D eigenvalue weighted by Gasteiger charge is -2.14. The molecule has 7 heteroatoms. The number of rotatable bonds is 6. The van der Waals surface area contributed by atoms with Crippen LogP contribution in [0.4, 0.5) is 11.5 Å². The van der Waals surface area contributed by atoms with Crippen LogP contribution in [0.2, 0.25) is 0 Å². The normalized spacial score (nSPS) is 11.7. The fraction of sp³-hybridized carbons (Fsp3) is 0.500. The lowest BCUT2D eigenvalue weighted by molar-refractivity contribution is -0.385. The van der Waals surface area contributed by atoms with Crippen LogP contribution in [-0.4, -0.2) is 28.4 Å². The molecule has 104 valence electrons. The van der Waals surface area contributed by atoms with E-state index >= 15 is 0 Å². The number of amides is 1. The molecule has 1 unspecified atom stereocenters. The second-order valence-electron chi connectivity index (χ2n) is 4.27. The molecule has 0 radical (unpaired) electrons. The molecular formula is C12H18N4O3. The molecule has 0 aliphatic rings. The number of hydrogen-bond acceptors (Lipinski definition) is 5. The fourth-order valence-electron chi connectivity index (χ4n) is 1.48. The number of hydrogen-bond donors (Lipinski definition) is 2. The molecule has 7 nitrogen and oxygen atoms in total. The van der Waals surface area contributed by atoms with Gasteiger partial charge in [-0.25, -0.2) is 4.98 Å². The van der Waals surface area contributed by atoms with E-state index in [0.29, 0.717) is 17.9 Å². The summed E-state index contributed by atoms with van der Waals surface area (Å²) in [5.41, 5.74) is 0.470. The molecule has 0 aliphatic heterocycles. The van der Waals surface area contributed by atoms with Gasteiger partial charge in [0.15, 0.2) is 0 Å². The Morgan fingerprint density at radius 1 is 1.58 bits per heavy atom. The molecule has 0 saturated heterocycles. The van der Waals surface area contributed by atoms with Crippen LogP contribution in [0.1, 0.15) is 25.8 Å². The van der Waals surface area contributed by atoms with Crippen molar-refractivity contribution < 1.29 is 9.72 Å². The Labute approximate surface area is 111 Å². The van der Waals surface area contributed by atoms with E-state index in [1.807, 2.05) is 6.92 Å². The van der Waals surface area contributed by atoms with E-state index in [2.05, 4.69) is 15.6 Å². The second kappa shape index (κ2) is 6.67. The first kappa shape index (κ1) is 14.9. The zero-order valence-electron chi connectivity index (χ0n) is 11.3. The number of nitrogens with zero attached hydrogens (tertiary/aromatic N) is 2. The summed E-state index contributed by atoms with van der Waals surface area (Å²) in [4.78, 5) is 26.0. The summed E-state index contributed by atoms with van der Waals surface area (Å²) < 4.78 is 0. The average molecular weight is 266 g/mol. The standard InChI is InChI=1S/C12H18N4O3/c1-4-5-13-12(17)9(3)15-11-6-10(16(18)19)8(2)7-14-11/h6-7,9H,4-5H2,1-3H3,(H,13,17)(H,14,15). The van der Waals surface area contributed by atoms with E-state index in [1.165, 1.54) is 12.3 Å². The molecule has 2 N–H and O–H groups in total. The summed E-state index contributed by atoms with van der Waals surface area (Å²) in [6.07, 6.45) is 2.27. The van der Waals surface area contributed by atoms with Crippen LogP contribution in [-0.2, 0) is 4.79 Å². The van der Waals surface area contributed by atoms with Crippen molar-refractivity contribution >= 4 is 17.4 Å². The van der Waals surface area contributed by atoms with Gasteiger partial charge in [-0.15, -0.1) is 0 Å². The van der Waals surface area contributed by atoms with Crippen molar-refractivity contribution in [2.45, 2.75) is 33.2 Å². The van der Waals surface area contributed by atoms with E-state index < -0.39 is 11.0 Å². The number of nitro groups is 1. The first-order valence-electron chi connectivity index (χ1n) is 6.11. The summed E-state index contributed by atoms with van der Waals surface area (Å²) in [5.74, 6) is 0.156. The lowest BCUT2D eigenvalue weighted by Crippen LogP contribution is -2.38. The van der Waals surface area contributed by atoms with Crippen molar-refractivity contribution in [2.75, 3.05) is 11.9 Å². The molecule has 1 atom stereocenters. The third-order valence-corrected chi connectivity index (χ3v) is 2.58. The molecule has 0 aromatic carbocycles. The first-order valence-corrected chi connectivity index (χ1v) is 6.11. The van der Waals surface area contributed by atoms with Crippen molar-refractivity contribution in [3.05, 3.63) is 27.9 Å². The van der Waals surface area contributed by atoms with Crippen molar-refractivity contribution in [1.82, 2.24) is 10.3 Å². The zero-order chi connectivity index (χ0) is 14.4. The average Bonchev–Trinajstić information content (AvgIpc) is 2.37. The van der Waals surface area contributed by atoms with Crippen LogP contribution in [0, 0.1) is 17.0 Å². The SMILES string of the molecule is CCCNC(=O)C(C)Nc1cc([N+](=O)[O-])c(C)cn1. The maximum atomic E-state index is 11.7. The summed E-state index contributed by atoms with van der Waals surface area (Å²) >= 11 is 0. The second-order valence-corrected chi connectivity index (χ2v) is 4.27. The van der Waals surface area contributed by atoms with Gasteiger partial charge in [0.1, 0.15) is 11.9 Å². The maximum Gasteiger partial charge on any atom is 0.277 e. The fourth-order valence-corrected chi connectivity index (χ4v) is 1.48. The van der Waals surface area contributed by atoms with E-state index in [-0.39, 0.29) is 11.6 Å². The lowest BCUT2D eigenvalue weighted by atomic mass is 10.2. The Morgan fingerprint density at radius 3 is 2.84 bits per heavy atom. The van der Waals surface area contributed by atoms with Gasteiger partial charge in [0.05, 0.1) is 11.0 Å². The quantitative estimate of drug-likeness (QED) is 0.602. The Morgan fingerprint density at radius 2 is 2.26 bits per heavy atom. The topological polar surface area (TPSA) is 97.2 Å². The van der Waals surface area contributed by atoms with Crippen LogP contribution in [0.3, 0.4) is 0 Å². The molecule has 1 heterocycles. The molecule has 1 rings (SSSR count). The highest BCUT2D eigenvalue weighted by molar-refractivity contribution is 5.83. The molecule has 19 heavy (non-hydrogen) atoms. The number of carbonyl (C=O) groups excluding carboxylic acids is 1. The molecular weight excluding hydrogens is 248 g/mol. The van der Waals surface area contributed by atoms with Crippen LogP contribution >= 0.6 is 0 Å². The van der Waals surface area contributed by atoms with Crippen molar-refractivity contribution in [3.63, 3.8) is 0 Å². The molecule has 0 saturated carbocycles. The van der Waals surface area contributed by atoms with Crippen molar-refractivity contribution in [3.8, 4) is 0 Å². The third kappa shape index (κ3) is 4.20. The molecule has 0 aliphatic carbocycles. The zero-order valence-corrected chi connectivity index (χ0v) is 11.3. The highest BCUT2D eigenvalue weighted by Crippen LogP contribution is 2.20. The monoisotopic (exact) mass is 266 g/mol. The van der Waals surface area contributed by atoms with Gasteiger partial charge in [0.2, 0.25) is 5.91 Å². The smallest absolute Gasteiger partial charge is 0.277 e. The molecule has 1 amide bonds. The Kier molecular flexibility index (Phi) is 5.23. The molecule has 0 bridgehead atoms. The Bertz CT molecular complexity index is 476. The highest BCUT2D eigenvalue weighted by Gasteiger charge is 2.16. The Hall–Kier alpha value is -2.18. The minimum Gasteiger partial charge on any atom is -0.358 e. The third-order valence-electron chi connectivity index (χ3n) is 2.58. The van der Waals surface area contributed by atoms with Crippen molar-refractivity contribution in [1.29, 1.82) is 0 Å². The minimum absolute atomic E-state index is 0.0151. The maximum absolute atomic E-state index is 11.7. The summed E-state index contributed by atoms with van der Waals surface area (Å²) in [5, 5.41) is 16.4. The number of nitrogens with one attached hydrogen (secondary N) is 2. The number of anilines is 1. The minimum atomic E-state index is -0.499. The van der Waals surface area contributed by atoms with Gasteiger partial charge in [-0.1, -0.05) is 6.92 Å². The summed E-state index contributed by atoms with van der Waals surface area (Å²) in [6.45, 7) is 5.86. The predicted octanol–water partition coefficient (Wildman–Crippen LogP) is 1.62. The molecule has 1 aromatic heterocycles. The van der Waals surface area contributed by atoms with Crippen LogP contribution < -0.4 is 10.6 Å². The van der Waals surface area contributed by atoms with Gasteiger partial charge in [-0.3, -0.25) is 14.9 Å². The van der Waals surface area contributed by atoms with Gasteiger partial charge in [-0.05, 0) is 20.3 Å². The van der Waals surface area contributed by atoms with Gasteiger partial charge in [0, 0.05) is 18.3 Å². The Balaban J connectivity index is 2.74. The van der Waals surface area contributed by atoms with E-state index in [1.54, 1.807) is 13.8 Å². The number of carbonyl (C=O) groups is 1. The van der Waals surface area contributed by atoms with E-state index in [9.17, 15) is 14.9 Å². The van der Waals surface area contributed by atoms with Gasteiger partial charge >= 0.3 is 0 Å². The summed E-state index contributed by atoms with van der Waals surface area (Å²) in [6, 6.07) is 0.834. The number of aromatic nitrogens is 1. The molecule has 0 fully saturated rings. The molecule has 0 spiro atoms. The first-order chi connectivity index (χ1) is 8.95. The number of aryl methyl sites for hydroxylation is 1. The highest BCUT2D eigenvalue weighted by atomic mass is 16.6. The van der Waals surface area contributed by atoms with Gasteiger partial charge in [0.25, 0.3) is 5.69 Å². The van der Waals surface area contributed by atoms with Crippen LogP contribution in [0.5, 0.6) is 0 Å². The molecule has 1 aromatic rings. The predicted molar refractivity (Wildman–Crippen MR) is 72.0 cm³/mol. The van der Waals surface area contributed by atoms with E-state index in [0.717, 1.165) is 6.42 Å². The number of pyridine rings is 1. The summed E-state index contributed by atoms with van der Waals surface area (Å²) in [7, 11) is 0. The van der Waals surface area contributed by atoms with E-state index in [4.69, 9.17) is 0 Å². The largest absolute Gasteiger partial charge is 0.358 e. The van der Waals surface area contributed by atoms with Crippen LogP contribution in [0.15, 0.2) is 12.3 Å². The van der Waals surface area contributed by atoms with Crippen LogP contribution in [0.25, 0.3) is 0 Å².